The molecule has 0 aliphatic carbocycles. The SMILES string of the molecule is O=P(Cc1nc2ccccc2o1)(c1ccccc1)c1ccccc1. The summed E-state index contributed by atoms with van der Waals surface area (Å²) >= 11 is 0. The number of hydrogen-bond acceptors (Lipinski definition) is 3. The van der Waals surface area contributed by atoms with E-state index < -0.39 is 7.14 Å². The highest BCUT2D eigenvalue weighted by Crippen LogP contribution is 2.46. The van der Waals surface area contributed by atoms with Gasteiger partial charge in [0.2, 0.25) is 5.89 Å². The van der Waals surface area contributed by atoms with Gasteiger partial charge in [0.1, 0.15) is 5.52 Å². The summed E-state index contributed by atoms with van der Waals surface area (Å²) in [5.41, 5.74) is 1.51. The molecule has 0 unspecified atom stereocenters. The van der Waals surface area contributed by atoms with Crippen LogP contribution in [0.4, 0.5) is 0 Å². The molecule has 4 rings (SSSR count). The van der Waals surface area contributed by atoms with Gasteiger partial charge in [-0.25, -0.2) is 4.98 Å². The van der Waals surface area contributed by atoms with Gasteiger partial charge >= 0.3 is 0 Å². The van der Waals surface area contributed by atoms with Crippen molar-refractivity contribution in [2.45, 2.75) is 6.16 Å². The largest absolute Gasteiger partial charge is 0.440 e. The first-order valence-electron chi connectivity index (χ1n) is 7.80. The van der Waals surface area contributed by atoms with Crippen molar-refractivity contribution in [3.05, 3.63) is 90.8 Å². The third kappa shape index (κ3) is 2.68. The van der Waals surface area contributed by atoms with Crippen LogP contribution in [0.2, 0.25) is 0 Å². The molecule has 0 atom stereocenters. The third-order valence-electron chi connectivity index (χ3n) is 4.04. The second kappa shape index (κ2) is 6.10. The summed E-state index contributed by atoms with van der Waals surface area (Å²) in [5, 5.41) is 1.64. The number of para-hydroxylation sites is 2. The van der Waals surface area contributed by atoms with Crippen LogP contribution in [-0.4, -0.2) is 4.98 Å². The van der Waals surface area contributed by atoms with Crippen LogP contribution in [-0.2, 0) is 10.7 Å². The minimum atomic E-state index is -2.86. The summed E-state index contributed by atoms with van der Waals surface area (Å²) in [6.45, 7) is 0. The van der Waals surface area contributed by atoms with E-state index in [-0.39, 0.29) is 6.16 Å². The Balaban J connectivity index is 1.83. The van der Waals surface area contributed by atoms with Crippen LogP contribution in [0.15, 0.2) is 89.3 Å². The van der Waals surface area contributed by atoms with Gasteiger partial charge in [0, 0.05) is 10.6 Å². The van der Waals surface area contributed by atoms with E-state index in [2.05, 4.69) is 4.98 Å². The lowest BCUT2D eigenvalue weighted by atomic mass is 10.3. The Hall–Kier alpha value is -2.64. The number of benzene rings is 3. The van der Waals surface area contributed by atoms with E-state index in [1.807, 2.05) is 84.9 Å². The summed E-state index contributed by atoms with van der Waals surface area (Å²) in [4.78, 5) is 4.51. The number of rotatable bonds is 4. The molecule has 0 amide bonds. The minimum absolute atomic E-state index is 0.274. The van der Waals surface area contributed by atoms with Crippen LogP contribution >= 0.6 is 7.14 Å². The lowest BCUT2D eigenvalue weighted by Crippen LogP contribution is -2.17. The minimum Gasteiger partial charge on any atom is -0.440 e. The van der Waals surface area contributed by atoms with E-state index in [0.717, 1.165) is 21.7 Å². The Morgan fingerprint density at radius 1 is 0.750 bits per heavy atom. The van der Waals surface area contributed by atoms with Crippen LogP contribution in [0, 0.1) is 0 Å². The van der Waals surface area contributed by atoms with E-state index in [1.165, 1.54) is 0 Å². The molecule has 4 heteroatoms. The van der Waals surface area contributed by atoms with Crippen LogP contribution in [0.5, 0.6) is 0 Å². The lowest BCUT2D eigenvalue weighted by Gasteiger charge is -2.17. The average Bonchev–Trinajstić information content (AvgIpc) is 3.05. The third-order valence-corrected chi connectivity index (χ3v) is 7.02. The number of aromatic nitrogens is 1. The molecule has 1 aromatic heterocycles. The number of fused-ring (bicyclic) bond motifs is 1. The Kier molecular flexibility index (Phi) is 3.79. The summed E-state index contributed by atoms with van der Waals surface area (Å²) < 4.78 is 19.8. The fourth-order valence-electron chi connectivity index (χ4n) is 2.85. The topological polar surface area (TPSA) is 43.1 Å². The molecule has 0 fully saturated rings. The Morgan fingerprint density at radius 2 is 1.29 bits per heavy atom. The summed E-state index contributed by atoms with van der Waals surface area (Å²) in [7, 11) is -2.86. The zero-order valence-electron chi connectivity index (χ0n) is 13.0. The molecule has 3 aromatic carbocycles. The highest BCUT2D eigenvalue weighted by Gasteiger charge is 2.29. The number of oxazole rings is 1. The first-order chi connectivity index (χ1) is 11.8. The standard InChI is InChI=1S/C20H16NO2P/c22-24(16-9-3-1-4-10-16,17-11-5-2-6-12-17)15-20-21-18-13-7-8-14-19(18)23-20/h1-14H,15H2. The predicted octanol–water partition coefficient (Wildman–Crippen LogP) is 4.34. The molecule has 4 aromatic rings. The van der Waals surface area contributed by atoms with Crippen molar-refractivity contribution < 1.29 is 8.98 Å². The van der Waals surface area contributed by atoms with Crippen molar-refractivity contribution in [3.63, 3.8) is 0 Å². The van der Waals surface area contributed by atoms with Crippen molar-refractivity contribution in [1.82, 2.24) is 4.98 Å². The Morgan fingerprint density at radius 3 is 1.88 bits per heavy atom. The molecule has 118 valence electrons. The van der Waals surface area contributed by atoms with Gasteiger partial charge in [-0.05, 0) is 12.1 Å². The molecule has 0 spiro atoms. The van der Waals surface area contributed by atoms with E-state index in [4.69, 9.17) is 4.42 Å². The van der Waals surface area contributed by atoms with Gasteiger partial charge in [0.15, 0.2) is 12.7 Å². The molecule has 0 saturated heterocycles. The fourth-order valence-corrected chi connectivity index (χ4v) is 5.33. The molecule has 3 nitrogen and oxygen atoms in total. The van der Waals surface area contributed by atoms with Gasteiger partial charge < -0.3 is 8.98 Å². The highest BCUT2D eigenvalue weighted by molar-refractivity contribution is 7.78. The highest BCUT2D eigenvalue weighted by atomic mass is 31.2. The quantitative estimate of drug-likeness (QED) is 0.522. The second-order valence-electron chi connectivity index (χ2n) is 5.64. The van der Waals surface area contributed by atoms with E-state index in [9.17, 15) is 4.57 Å². The normalized spacial score (nSPS) is 11.7. The van der Waals surface area contributed by atoms with Crippen molar-refractivity contribution in [1.29, 1.82) is 0 Å². The summed E-state index contributed by atoms with van der Waals surface area (Å²) in [6.07, 6.45) is 0.274. The maximum absolute atomic E-state index is 14.0. The first-order valence-corrected chi connectivity index (χ1v) is 9.70. The predicted molar refractivity (Wildman–Crippen MR) is 97.5 cm³/mol. The molecular weight excluding hydrogens is 317 g/mol. The maximum atomic E-state index is 14.0. The zero-order chi connectivity index (χ0) is 16.4. The maximum Gasteiger partial charge on any atom is 0.203 e. The molecular formula is C20H16NO2P. The summed E-state index contributed by atoms with van der Waals surface area (Å²) in [6, 6.07) is 26.8. The molecule has 0 bridgehead atoms. The van der Waals surface area contributed by atoms with E-state index in [0.29, 0.717) is 5.89 Å². The van der Waals surface area contributed by atoms with Crippen molar-refractivity contribution in [2.75, 3.05) is 0 Å². The first kappa shape index (κ1) is 14.9. The van der Waals surface area contributed by atoms with Crippen LogP contribution in [0.1, 0.15) is 5.89 Å². The molecule has 0 saturated carbocycles. The number of hydrogen-bond donors (Lipinski definition) is 0. The van der Waals surface area contributed by atoms with Gasteiger partial charge in [0.25, 0.3) is 0 Å². The van der Waals surface area contributed by atoms with Gasteiger partial charge in [-0.2, -0.15) is 0 Å². The molecule has 24 heavy (non-hydrogen) atoms. The Bertz CT molecular complexity index is 933. The van der Waals surface area contributed by atoms with Crippen molar-refractivity contribution >= 4 is 28.9 Å². The van der Waals surface area contributed by atoms with Gasteiger partial charge in [-0.3, -0.25) is 0 Å². The Labute approximate surface area is 140 Å². The van der Waals surface area contributed by atoms with Crippen LogP contribution < -0.4 is 10.6 Å². The monoisotopic (exact) mass is 333 g/mol. The van der Waals surface area contributed by atoms with E-state index in [1.54, 1.807) is 0 Å². The molecule has 0 radical (unpaired) electrons. The zero-order valence-corrected chi connectivity index (χ0v) is 13.9. The fraction of sp³-hybridized carbons (Fsp3) is 0.0500. The molecule has 0 aliphatic rings. The average molecular weight is 333 g/mol. The second-order valence-corrected chi connectivity index (χ2v) is 8.47. The summed E-state index contributed by atoms with van der Waals surface area (Å²) in [5.74, 6) is 0.507. The van der Waals surface area contributed by atoms with Gasteiger partial charge in [-0.1, -0.05) is 72.8 Å². The van der Waals surface area contributed by atoms with Gasteiger partial charge in [-0.15, -0.1) is 0 Å². The van der Waals surface area contributed by atoms with Crippen molar-refractivity contribution in [3.8, 4) is 0 Å². The smallest absolute Gasteiger partial charge is 0.203 e. The number of nitrogens with zero attached hydrogens (tertiary/aromatic N) is 1. The van der Waals surface area contributed by atoms with Crippen LogP contribution in [0.3, 0.4) is 0 Å². The lowest BCUT2D eigenvalue weighted by molar-refractivity contribution is 0.543. The van der Waals surface area contributed by atoms with Crippen molar-refractivity contribution in [2.24, 2.45) is 0 Å². The van der Waals surface area contributed by atoms with Crippen LogP contribution in [0.25, 0.3) is 11.1 Å². The molecule has 0 aliphatic heterocycles. The molecule has 0 N–H and O–H groups in total. The van der Waals surface area contributed by atoms with Gasteiger partial charge in [0.05, 0.1) is 6.16 Å². The molecule has 1 heterocycles. The van der Waals surface area contributed by atoms with E-state index >= 15 is 0 Å².